The molecule has 0 radical (unpaired) electrons. The third-order valence-corrected chi connectivity index (χ3v) is 1.06. The topological polar surface area (TPSA) is 55.2 Å². The Hall–Kier alpha value is -0.350. The van der Waals surface area contributed by atoms with Gasteiger partial charge in [0.1, 0.15) is 0 Å². The summed E-state index contributed by atoms with van der Waals surface area (Å²) < 4.78 is 0. The fourth-order valence-electron chi connectivity index (χ4n) is 0.423. The summed E-state index contributed by atoms with van der Waals surface area (Å²) in [6.07, 6.45) is 0. The molecule has 5 heteroatoms. The molecule has 0 spiro atoms. The highest BCUT2D eigenvalue weighted by Crippen LogP contribution is 1.93. The number of halogens is 1. The number of nitro groups is 1. The van der Waals surface area contributed by atoms with Crippen molar-refractivity contribution in [2.75, 3.05) is 13.1 Å². The number of nitrogens with one attached hydrogen (secondary N) is 1. The second kappa shape index (κ2) is 2.84. The molecule has 1 fully saturated rings. The van der Waals surface area contributed by atoms with Crippen LogP contribution in [0, 0.1) is 10.1 Å². The predicted octanol–water partition coefficient (Wildman–Crippen LogP) is -0.343. The lowest BCUT2D eigenvalue weighted by Crippen LogP contribution is -2.51. The molecule has 1 rings (SSSR count). The van der Waals surface area contributed by atoms with E-state index in [0.717, 1.165) is 0 Å². The van der Waals surface area contributed by atoms with Gasteiger partial charge in [0.15, 0.2) is 0 Å². The highest BCUT2D eigenvalue weighted by Gasteiger charge is 2.26. The minimum Gasteiger partial charge on any atom is -0.304 e. The predicted molar refractivity (Wildman–Crippen MR) is 30.9 cm³/mol. The molecule has 0 amide bonds. The fourth-order valence-corrected chi connectivity index (χ4v) is 0.423. The lowest BCUT2D eigenvalue weighted by Gasteiger charge is -2.17. The van der Waals surface area contributed by atoms with Crippen molar-refractivity contribution < 1.29 is 4.92 Å². The molecule has 1 aliphatic heterocycles. The van der Waals surface area contributed by atoms with Gasteiger partial charge in [-0.15, -0.1) is 12.4 Å². The molecule has 4 nitrogen and oxygen atoms in total. The number of hydrogen-bond donors (Lipinski definition) is 1. The first-order valence-electron chi connectivity index (χ1n) is 2.15. The van der Waals surface area contributed by atoms with Gasteiger partial charge < -0.3 is 5.32 Å². The molecule has 1 N–H and O–H groups in total. The molecule has 0 saturated carbocycles. The van der Waals surface area contributed by atoms with Crippen molar-refractivity contribution in [3.8, 4) is 0 Å². The summed E-state index contributed by atoms with van der Waals surface area (Å²) in [5.74, 6) is 0. The zero-order valence-electron chi connectivity index (χ0n) is 4.16. The van der Waals surface area contributed by atoms with Gasteiger partial charge in [-0.05, 0) is 0 Å². The van der Waals surface area contributed by atoms with Crippen LogP contribution >= 0.6 is 12.4 Å². The maximum atomic E-state index is 9.75. The van der Waals surface area contributed by atoms with Gasteiger partial charge in [0, 0.05) is 4.92 Å². The van der Waals surface area contributed by atoms with Gasteiger partial charge in [0.2, 0.25) is 6.04 Å². The summed E-state index contributed by atoms with van der Waals surface area (Å²) in [5, 5.41) is 12.5. The summed E-state index contributed by atoms with van der Waals surface area (Å²) in [6, 6.07) is -0.306. The Morgan fingerprint density at radius 1 is 1.62 bits per heavy atom. The van der Waals surface area contributed by atoms with Gasteiger partial charge in [0.25, 0.3) is 0 Å². The Bertz CT molecular complexity index is 93.3. The van der Waals surface area contributed by atoms with E-state index in [1.54, 1.807) is 0 Å². The van der Waals surface area contributed by atoms with Gasteiger partial charge in [-0.2, -0.15) is 0 Å². The normalized spacial score (nSPS) is 18.5. The third kappa shape index (κ3) is 1.31. The molecule has 1 aliphatic rings. The van der Waals surface area contributed by atoms with Crippen molar-refractivity contribution in [3.63, 3.8) is 0 Å². The Morgan fingerprint density at radius 3 is 2.12 bits per heavy atom. The second-order valence-corrected chi connectivity index (χ2v) is 1.60. The summed E-state index contributed by atoms with van der Waals surface area (Å²) >= 11 is 0. The number of rotatable bonds is 1. The van der Waals surface area contributed by atoms with Gasteiger partial charge in [0.05, 0.1) is 13.1 Å². The Balaban J connectivity index is 0.000000490. The average molecular weight is 139 g/mol. The van der Waals surface area contributed by atoms with Crippen LogP contribution in [0.4, 0.5) is 0 Å². The van der Waals surface area contributed by atoms with Crippen LogP contribution in [0.25, 0.3) is 0 Å². The summed E-state index contributed by atoms with van der Waals surface area (Å²) in [7, 11) is 0. The van der Waals surface area contributed by atoms with E-state index < -0.39 is 0 Å². The first-order valence-corrected chi connectivity index (χ1v) is 2.15. The highest BCUT2D eigenvalue weighted by atomic mass is 35.5. The fraction of sp³-hybridized carbons (Fsp3) is 1.00. The lowest BCUT2D eigenvalue weighted by molar-refractivity contribution is -0.528. The van der Waals surface area contributed by atoms with Crippen LogP contribution in [0.5, 0.6) is 0 Å². The van der Waals surface area contributed by atoms with E-state index in [2.05, 4.69) is 5.32 Å². The van der Waals surface area contributed by atoms with Crippen molar-refractivity contribution in [1.82, 2.24) is 5.32 Å². The molecule has 0 aliphatic carbocycles. The minimum atomic E-state index is -0.306. The van der Waals surface area contributed by atoms with Crippen molar-refractivity contribution in [3.05, 3.63) is 10.1 Å². The Labute approximate surface area is 52.8 Å². The van der Waals surface area contributed by atoms with Crippen LogP contribution in [0.15, 0.2) is 0 Å². The van der Waals surface area contributed by atoms with E-state index in [9.17, 15) is 10.1 Å². The zero-order valence-corrected chi connectivity index (χ0v) is 4.98. The van der Waals surface area contributed by atoms with Crippen molar-refractivity contribution in [2.45, 2.75) is 6.04 Å². The molecular formula is C3H7ClN2O2. The summed E-state index contributed by atoms with van der Waals surface area (Å²) in [4.78, 5) is 9.49. The smallest absolute Gasteiger partial charge is 0.237 e. The molecular weight excluding hydrogens is 131 g/mol. The van der Waals surface area contributed by atoms with Gasteiger partial charge >= 0.3 is 0 Å². The van der Waals surface area contributed by atoms with Crippen molar-refractivity contribution in [2.24, 2.45) is 0 Å². The molecule has 1 heterocycles. The van der Waals surface area contributed by atoms with E-state index in [1.807, 2.05) is 0 Å². The molecule has 0 unspecified atom stereocenters. The van der Waals surface area contributed by atoms with Crippen LogP contribution in [-0.4, -0.2) is 24.1 Å². The van der Waals surface area contributed by atoms with E-state index in [4.69, 9.17) is 0 Å². The SMILES string of the molecule is Cl.O=[N+]([O-])C1CNC1. The van der Waals surface area contributed by atoms with Gasteiger partial charge in [-0.3, -0.25) is 10.1 Å². The van der Waals surface area contributed by atoms with Gasteiger partial charge in [-0.25, -0.2) is 0 Å². The maximum absolute atomic E-state index is 9.75. The van der Waals surface area contributed by atoms with Crippen molar-refractivity contribution >= 4 is 12.4 Å². The standard InChI is InChI=1S/C3H6N2O2.ClH/c6-5(7)3-1-4-2-3;/h3-4H,1-2H2;1H. The largest absolute Gasteiger partial charge is 0.304 e. The zero-order chi connectivity index (χ0) is 5.28. The van der Waals surface area contributed by atoms with Crippen molar-refractivity contribution in [1.29, 1.82) is 0 Å². The van der Waals surface area contributed by atoms with Gasteiger partial charge in [-0.1, -0.05) is 0 Å². The monoisotopic (exact) mass is 138 g/mol. The van der Waals surface area contributed by atoms with Crippen LogP contribution in [0.3, 0.4) is 0 Å². The van der Waals surface area contributed by atoms with E-state index >= 15 is 0 Å². The number of hydrogen-bond acceptors (Lipinski definition) is 3. The molecule has 0 atom stereocenters. The molecule has 0 bridgehead atoms. The molecule has 1 saturated heterocycles. The quantitative estimate of drug-likeness (QED) is 0.398. The molecule has 48 valence electrons. The molecule has 0 aromatic carbocycles. The number of nitrogens with zero attached hydrogens (tertiary/aromatic N) is 1. The molecule has 0 aromatic heterocycles. The van der Waals surface area contributed by atoms with E-state index in [1.165, 1.54) is 0 Å². The third-order valence-electron chi connectivity index (χ3n) is 1.06. The highest BCUT2D eigenvalue weighted by molar-refractivity contribution is 5.85. The second-order valence-electron chi connectivity index (χ2n) is 1.60. The first kappa shape index (κ1) is 7.65. The summed E-state index contributed by atoms with van der Waals surface area (Å²) in [6.45, 7) is 1.10. The Morgan fingerprint density at radius 2 is 2.12 bits per heavy atom. The van der Waals surface area contributed by atoms with Crippen LogP contribution in [0.2, 0.25) is 0 Å². The average Bonchev–Trinajstić information content (AvgIpc) is 1.23. The summed E-state index contributed by atoms with van der Waals surface area (Å²) in [5.41, 5.74) is 0. The van der Waals surface area contributed by atoms with E-state index in [0.29, 0.717) is 13.1 Å². The minimum absolute atomic E-state index is 0. The Kier molecular flexibility index (Phi) is 2.71. The maximum Gasteiger partial charge on any atom is 0.237 e. The molecule has 0 aromatic rings. The van der Waals surface area contributed by atoms with Crippen LogP contribution < -0.4 is 5.32 Å². The van der Waals surface area contributed by atoms with Crippen LogP contribution in [-0.2, 0) is 0 Å². The molecule has 8 heavy (non-hydrogen) atoms. The van der Waals surface area contributed by atoms with E-state index in [-0.39, 0.29) is 23.4 Å². The lowest BCUT2D eigenvalue weighted by atomic mass is 10.2. The first-order chi connectivity index (χ1) is 3.30. The van der Waals surface area contributed by atoms with Crippen LogP contribution in [0.1, 0.15) is 0 Å².